The van der Waals surface area contributed by atoms with Crippen molar-refractivity contribution in [3.8, 4) is 0 Å². The lowest BCUT2D eigenvalue weighted by atomic mass is 10.1. The molecule has 0 aliphatic rings. The van der Waals surface area contributed by atoms with E-state index < -0.39 is 0 Å². The van der Waals surface area contributed by atoms with Crippen LogP contribution in [0.4, 0.5) is 5.13 Å². The lowest BCUT2D eigenvalue weighted by Gasteiger charge is -1.99. The van der Waals surface area contributed by atoms with Crippen molar-refractivity contribution in [2.75, 3.05) is 17.3 Å². The van der Waals surface area contributed by atoms with Crippen molar-refractivity contribution < 1.29 is 4.79 Å². The van der Waals surface area contributed by atoms with E-state index in [1.807, 2.05) is 30.5 Å². The Balaban J connectivity index is 1.99. The maximum absolute atomic E-state index is 11.4. The number of hydrogen-bond acceptors (Lipinski definition) is 4. The summed E-state index contributed by atoms with van der Waals surface area (Å²) in [7, 11) is 0. The molecule has 0 unspecified atom stereocenters. The minimum atomic E-state index is -0.0174. The first-order valence-corrected chi connectivity index (χ1v) is 8.24. The molecule has 0 radical (unpaired) electrons. The molecule has 0 saturated heterocycles. The Morgan fingerprint density at radius 3 is 3.11 bits per heavy atom. The average Bonchev–Trinajstić information content (AvgIpc) is 2.76. The molecule has 0 saturated carbocycles. The molecule has 0 aliphatic heterocycles. The van der Waals surface area contributed by atoms with Crippen LogP contribution in [0.5, 0.6) is 0 Å². The Hall–Kier alpha value is -1.04. The van der Waals surface area contributed by atoms with Gasteiger partial charge < -0.3 is 5.32 Å². The summed E-state index contributed by atoms with van der Waals surface area (Å²) in [6.07, 6.45) is 4.46. The lowest BCUT2D eigenvalue weighted by Crippen LogP contribution is -2.13. The fourth-order valence-electron chi connectivity index (χ4n) is 1.58. The second-order valence-electron chi connectivity index (χ2n) is 3.92. The third kappa shape index (κ3) is 4.53. The monoisotopic (exact) mass is 312 g/mol. The van der Waals surface area contributed by atoms with E-state index in [4.69, 9.17) is 11.6 Å². The van der Waals surface area contributed by atoms with E-state index in [-0.39, 0.29) is 5.91 Å². The van der Waals surface area contributed by atoms with Crippen LogP contribution in [0, 0.1) is 0 Å². The molecule has 1 N–H and O–H groups in total. The van der Waals surface area contributed by atoms with Crippen molar-refractivity contribution in [1.29, 1.82) is 0 Å². The van der Waals surface area contributed by atoms with Crippen molar-refractivity contribution in [2.45, 2.75) is 6.42 Å². The summed E-state index contributed by atoms with van der Waals surface area (Å²) in [5.74, 6) is 0.430. The highest BCUT2D eigenvalue weighted by atomic mass is 35.5. The number of benzene rings is 1. The first kappa shape index (κ1) is 14.4. The van der Waals surface area contributed by atoms with Gasteiger partial charge in [-0.05, 0) is 24.0 Å². The van der Waals surface area contributed by atoms with Crippen LogP contribution in [-0.4, -0.2) is 22.9 Å². The van der Waals surface area contributed by atoms with Crippen LogP contribution < -0.4 is 5.32 Å². The molecule has 100 valence electrons. The zero-order chi connectivity index (χ0) is 13.7. The van der Waals surface area contributed by atoms with Gasteiger partial charge in [-0.2, -0.15) is 11.8 Å². The van der Waals surface area contributed by atoms with Crippen LogP contribution in [-0.2, 0) is 11.2 Å². The topological polar surface area (TPSA) is 42.0 Å². The van der Waals surface area contributed by atoms with Gasteiger partial charge in [0.25, 0.3) is 0 Å². The minimum absolute atomic E-state index is 0.0174. The molecule has 0 spiro atoms. The molecule has 2 rings (SSSR count). The maximum atomic E-state index is 11.4. The van der Waals surface area contributed by atoms with Gasteiger partial charge >= 0.3 is 0 Å². The number of aromatic nitrogens is 1. The summed E-state index contributed by atoms with van der Waals surface area (Å²) in [4.78, 5) is 16.7. The molecule has 0 atom stereocenters. The number of nitrogens with one attached hydrogen (secondary N) is 1. The van der Waals surface area contributed by atoms with Crippen molar-refractivity contribution in [1.82, 2.24) is 4.98 Å². The van der Waals surface area contributed by atoms with Crippen LogP contribution in [0.15, 0.2) is 30.5 Å². The predicted octanol–water partition coefficient (Wildman–Crippen LogP) is 3.69. The number of thioether (sulfide) groups is 1. The van der Waals surface area contributed by atoms with E-state index in [0.717, 1.165) is 21.9 Å². The number of carbonyl (C=O) groups is 1. The molecule has 6 heteroatoms. The van der Waals surface area contributed by atoms with E-state index in [2.05, 4.69) is 10.3 Å². The molecule has 0 bridgehead atoms. The van der Waals surface area contributed by atoms with Gasteiger partial charge in [-0.3, -0.25) is 4.79 Å². The Bertz CT molecular complexity index is 571. The van der Waals surface area contributed by atoms with Gasteiger partial charge in [0.2, 0.25) is 5.91 Å². The van der Waals surface area contributed by atoms with Gasteiger partial charge in [-0.1, -0.05) is 23.7 Å². The zero-order valence-corrected chi connectivity index (χ0v) is 12.7. The number of thiazole rings is 1. The van der Waals surface area contributed by atoms with Gasteiger partial charge in [0.1, 0.15) is 0 Å². The summed E-state index contributed by atoms with van der Waals surface area (Å²) < 4.78 is 0. The third-order valence-electron chi connectivity index (χ3n) is 2.34. The second kappa shape index (κ2) is 6.93. The third-order valence-corrected chi connectivity index (χ3v) is 4.04. The van der Waals surface area contributed by atoms with Gasteiger partial charge in [0.05, 0.1) is 5.75 Å². The molecule has 2 aromatic rings. The van der Waals surface area contributed by atoms with Gasteiger partial charge in [-0.25, -0.2) is 4.98 Å². The van der Waals surface area contributed by atoms with Crippen LogP contribution in [0.2, 0.25) is 5.02 Å². The normalized spacial score (nSPS) is 10.4. The summed E-state index contributed by atoms with van der Waals surface area (Å²) in [5.41, 5.74) is 1.14. The smallest absolute Gasteiger partial charge is 0.236 e. The molecule has 1 aromatic heterocycles. The van der Waals surface area contributed by atoms with E-state index in [1.54, 1.807) is 6.20 Å². The van der Waals surface area contributed by atoms with Crippen molar-refractivity contribution >= 4 is 45.7 Å². The zero-order valence-electron chi connectivity index (χ0n) is 10.4. The van der Waals surface area contributed by atoms with Gasteiger partial charge in [0.15, 0.2) is 5.13 Å². The fourth-order valence-corrected chi connectivity index (χ4v) is 2.99. The first-order chi connectivity index (χ1) is 9.17. The van der Waals surface area contributed by atoms with Crippen molar-refractivity contribution in [3.05, 3.63) is 45.9 Å². The summed E-state index contributed by atoms with van der Waals surface area (Å²) in [6.45, 7) is 0. The number of halogens is 1. The number of carbonyl (C=O) groups excluding carboxylic acids is 1. The van der Waals surface area contributed by atoms with Crippen molar-refractivity contribution in [3.63, 3.8) is 0 Å². The van der Waals surface area contributed by atoms with E-state index >= 15 is 0 Å². The summed E-state index contributed by atoms with van der Waals surface area (Å²) in [6, 6.07) is 7.75. The number of nitrogens with zero attached hydrogens (tertiary/aromatic N) is 1. The highest BCUT2D eigenvalue weighted by Crippen LogP contribution is 2.22. The molecule has 0 fully saturated rings. The van der Waals surface area contributed by atoms with Crippen molar-refractivity contribution in [2.24, 2.45) is 0 Å². The molecule has 1 aromatic carbocycles. The number of amides is 1. The molecule has 1 amide bonds. The predicted molar refractivity (Wildman–Crippen MR) is 83.4 cm³/mol. The molecular weight excluding hydrogens is 300 g/mol. The van der Waals surface area contributed by atoms with E-state index in [1.165, 1.54) is 23.1 Å². The van der Waals surface area contributed by atoms with Gasteiger partial charge in [-0.15, -0.1) is 11.3 Å². The van der Waals surface area contributed by atoms with Crippen LogP contribution in [0.25, 0.3) is 0 Å². The maximum Gasteiger partial charge on any atom is 0.236 e. The SMILES string of the molecule is CSCC(=O)Nc1ncc(Cc2cccc(Cl)c2)s1. The fraction of sp³-hybridized carbons (Fsp3) is 0.231. The lowest BCUT2D eigenvalue weighted by molar-refractivity contribution is -0.113. The highest BCUT2D eigenvalue weighted by molar-refractivity contribution is 7.99. The van der Waals surface area contributed by atoms with E-state index in [0.29, 0.717) is 10.9 Å². The molecule has 0 aliphatic carbocycles. The van der Waals surface area contributed by atoms with E-state index in [9.17, 15) is 4.79 Å². The molecule has 3 nitrogen and oxygen atoms in total. The molecule has 1 heterocycles. The van der Waals surface area contributed by atoms with Gasteiger partial charge in [0, 0.05) is 22.5 Å². The Morgan fingerprint density at radius 2 is 2.37 bits per heavy atom. The minimum Gasteiger partial charge on any atom is -0.301 e. The summed E-state index contributed by atoms with van der Waals surface area (Å²) >= 11 is 8.93. The largest absolute Gasteiger partial charge is 0.301 e. The van der Waals surface area contributed by atoms with Crippen LogP contribution in [0.3, 0.4) is 0 Å². The Labute approximate surface area is 125 Å². The Morgan fingerprint density at radius 1 is 1.53 bits per heavy atom. The quantitative estimate of drug-likeness (QED) is 0.915. The first-order valence-electron chi connectivity index (χ1n) is 5.65. The number of rotatable bonds is 5. The molecule has 19 heavy (non-hydrogen) atoms. The number of anilines is 1. The average molecular weight is 313 g/mol. The number of hydrogen-bond donors (Lipinski definition) is 1. The molecular formula is C13H13ClN2OS2. The standard InChI is InChI=1S/C13H13ClN2OS2/c1-18-8-12(17)16-13-15-7-11(19-13)6-9-3-2-4-10(14)5-9/h2-5,7H,6,8H2,1H3,(H,15,16,17). The Kier molecular flexibility index (Phi) is 5.24. The van der Waals surface area contributed by atoms with Crippen LogP contribution >= 0.6 is 34.7 Å². The second-order valence-corrected chi connectivity index (χ2v) is 6.34. The highest BCUT2D eigenvalue weighted by Gasteiger charge is 2.06. The van der Waals surface area contributed by atoms with Crippen LogP contribution in [0.1, 0.15) is 10.4 Å². The summed E-state index contributed by atoms with van der Waals surface area (Å²) in [5, 5.41) is 4.16.